The van der Waals surface area contributed by atoms with Crippen LogP contribution in [0.4, 0.5) is 0 Å². The summed E-state index contributed by atoms with van der Waals surface area (Å²) in [5.74, 6) is -0.0741. The van der Waals surface area contributed by atoms with Crippen LogP contribution >= 0.6 is 34.5 Å². The van der Waals surface area contributed by atoms with Crippen LogP contribution in [0.3, 0.4) is 0 Å². The first-order valence-electron chi connectivity index (χ1n) is 9.06. The third-order valence-electron chi connectivity index (χ3n) is 5.04. The summed E-state index contributed by atoms with van der Waals surface area (Å²) in [6, 6.07) is 9.30. The number of fused-ring (bicyclic) bond motifs is 1. The summed E-state index contributed by atoms with van der Waals surface area (Å²) in [6.45, 7) is 8.36. The summed E-state index contributed by atoms with van der Waals surface area (Å²) in [5.41, 5.74) is 1.68. The van der Waals surface area contributed by atoms with Crippen LogP contribution in [0.1, 0.15) is 20.9 Å². The average molecular weight is 422 g/mol. The van der Waals surface area contributed by atoms with Gasteiger partial charge < -0.3 is 9.88 Å². The minimum absolute atomic E-state index is 0.0741. The zero-order valence-corrected chi connectivity index (χ0v) is 17.4. The molecule has 7 heteroatoms. The maximum Gasteiger partial charge on any atom is 0.204 e. The minimum Gasteiger partial charge on any atom is -0.335 e. The standard InChI is InChI=1S/C20H21Cl2N3OS/c1-13-11-14-12-17(19(26)15-3-2-4-16(21)18(15)22)27-20(14)25(13)10-9-24-7-5-23-6-8-24/h2-4,11-12,23H,5-10H2,1H3. The lowest BCUT2D eigenvalue weighted by atomic mass is 10.1. The molecular formula is C20H21Cl2N3OS. The van der Waals surface area contributed by atoms with E-state index in [-0.39, 0.29) is 5.78 Å². The number of ketones is 1. The van der Waals surface area contributed by atoms with Crippen LogP contribution in [0, 0.1) is 6.92 Å². The highest BCUT2D eigenvalue weighted by atomic mass is 35.5. The molecule has 142 valence electrons. The molecular weight excluding hydrogens is 401 g/mol. The fraction of sp³-hybridized carbons (Fsp3) is 0.350. The Balaban J connectivity index is 1.60. The molecule has 0 amide bonds. The molecule has 0 bridgehead atoms. The molecule has 0 aliphatic carbocycles. The number of hydrogen-bond acceptors (Lipinski definition) is 4. The Labute approximate surface area is 172 Å². The number of aromatic nitrogens is 1. The molecule has 2 aromatic heterocycles. The van der Waals surface area contributed by atoms with Crippen molar-refractivity contribution in [3.8, 4) is 0 Å². The fourth-order valence-corrected chi connectivity index (χ4v) is 5.12. The number of nitrogens with zero attached hydrogens (tertiary/aromatic N) is 2. The molecule has 0 radical (unpaired) electrons. The number of nitrogens with one attached hydrogen (secondary N) is 1. The van der Waals surface area contributed by atoms with Crippen LogP contribution in [-0.2, 0) is 6.54 Å². The van der Waals surface area contributed by atoms with Crippen LogP contribution < -0.4 is 5.32 Å². The fourth-order valence-electron chi connectivity index (χ4n) is 3.55. The van der Waals surface area contributed by atoms with Gasteiger partial charge in [-0.25, -0.2) is 0 Å². The van der Waals surface area contributed by atoms with Gasteiger partial charge in [0, 0.05) is 55.9 Å². The Morgan fingerprint density at radius 1 is 1.19 bits per heavy atom. The lowest BCUT2D eigenvalue weighted by Crippen LogP contribution is -2.44. The lowest BCUT2D eigenvalue weighted by Gasteiger charge is -2.27. The van der Waals surface area contributed by atoms with E-state index in [0.717, 1.165) is 49.5 Å². The van der Waals surface area contributed by atoms with Crippen LogP contribution in [-0.4, -0.2) is 48.0 Å². The Morgan fingerprint density at radius 3 is 2.74 bits per heavy atom. The quantitative estimate of drug-likeness (QED) is 0.618. The largest absolute Gasteiger partial charge is 0.335 e. The number of carbonyl (C=O) groups is 1. The van der Waals surface area contributed by atoms with Crippen LogP contribution in [0.5, 0.6) is 0 Å². The summed E-state index contributed by atoms with van der Waals surface area (Å²) in [5, 5.41) is 5.22. The molecule has 1 saturated heterocycles. The topological polar surface area (TPSA) is 37.3 Å². The van der Waals surface area contributed by atoms with Gasteiger partial charge in [0.25, 0.3) is 0 Å². The molecule has 1 aliphatic rings. The smallest absolute Gasteiger partial charge is 0.204 e. The first kappa shape index (κ1) is 19.0. The summed E-state index contributed by atoms with van der Waals surface area (Å²) in [7, 11) is 0. The van der Waals surface area contributed by atoms with Crippen LogP contribution in [0.25, 0.3) is 10.2 Å². The highest BCUT2D eigenvalue weighted by molar-refractivity contribution is 7.20. The van der Waals surface area contributed by atoms with Gasteiger partial charge in [0.15, 0.2) is 0 Å². The summed E-state index contributed by atoms with van der Waals surface area (Å²) in [4.78, 5) is 17.2. The zero-order chi connectivity index (χ0) is 19.0. The molecule has 0 saturated carbocycles. The van der Waals surface area contributed by atoms with Crippen molar-refractivity contribution >= 4 is 50.5 Å². The van der Waals surface area contributed by atoms with Gasteiger partial charge >= 0.3 is 0 Å². The molecule has 0 atom stereocenters. The molecule has 1 aliphatic heterocycles. The zero-order valence-electron chi connectivity index (χ0n) is 15.1. The molecule has 0 unspecified atom stereocenters. The normalized spacial score (nSPS) is 15.5. The van der Waals surface area contributed by atoms with Gasteiger partial charge in [-0.05, 0) is 31.2 Å². The van der Waals surface area contributed by atoms with Crippen molar-refractivity contribution in [2.75, 3.05) is 32.7 Å². The molecule has 0 spiro atoms. The number of benzene rings is 1. The predicted octanol–water partition coefficient (Wildman–Crippen LogP) is 4.45. The van der Waals surface area contributed by atoms with Gasteiger partial charge in [-0.2, -0.15) is 0 Å². The second-order valence-corrected chi connectivity index (χ2v) is 8.65. The van der Waals surface area contributed by atoms with Crippen molar-refractivity contribution in [3.63, 3.8) is 0 Å². The van der Waals surface area contributed by atoms with Crippen molar-refractivity contribution in [2.24, 2.45) is 0 Å². The van der Waals surface area contributed by atoms with Crippen molar-refractivity contribution in [1.82, 2.24) is 14.8 Å². The highest BCUT2D eigenvalue weighted by Crippen LogP contribution is 2.33. The van der Waals surface area contributed by atoms with Gasteiger partial charge in [-0.3, -0.25) is 9.69 Å². The minimum atomic E-state index is -0.0741. The van der Waals surface area contributed by atoms with Gasteiger partial charge in [0.1, 0.15) is 4.83 Å². The van der Waals surface area contributed by atoms with E-state index in [1.54, 1.807) is 18.2 Å². The van der Waals surface area contributed by atoms with E-state index in [9.17, 15) is 4.79 Å². The van der Waals surface area contributed by atoms with Crippen molar-refractivity contribution in [2.45, 2.75) is 13.5 Å². The molecule has 3 aromatic rings. The average Bonchev–Trinajstić information content (AvgIpc) is 3.20. The Hall–Kier alpha value is -1.37. The second kappa shape index (κ2) is 7.94. The van der Waals surface area contributed by atoms with Crippen molar-refractivity contribution in [3.05, 3.63) is 56.5 Å². The SMILES string of the molecule is Cc1cc2cc(C(=O)c3cccc(Cl)c3Cl)sc2n1CCN1CCNCC1. The molecule has 1 aromatic carbocycles. The maximum absolute atomic E-state index is 12.9. The highest BCUT2D eigenvalue weighted by Gasteiger charge is 2.19. The molecule has 3 heterocycles. The van der Waals surface area contributed by atoms with E-state index in [0.29, 0.717) is 20.5 Å². The van der Waals surface area contributed by atoms with Gasteiger partial charge in [0.05, 0.1) is 14.9 Å². The number of piperazine rings is 1. The number of aryl methyl sites for hydroxylation is 1. The van der Waals surface area contributed by atoms with Crippen molar-refractivity contribution < 1.29 is 4.79 Å². The van der Waals surface area contributed by atoms with Gasteiger partial charge in [-0.1, -0.05) is 29.3 Å². The number of hydrogen-bond donors (Lipinski definition) is 1. The Bertz CT molecular complexity index is 989. The third kappa shape index (κ3) is 3.80. The van der Waals surface area contributed by atoms with Crippen LogP contribution in [0.2, 0.25) is 10.0 Å². The Kier molecular flexibility index (Phi) is 5.58. The summed E-state index contributed by atoms with van der Waals surface area (Å²) in [6.07, 6.45) is 0. The predicted molar refractivity (Wildman–Crippen MR) is 114 cm³/mol. The molecule has 4 nitrogen and oxygen atoms in total. The van der Waals surface area contributed by atoms with Crippen LogP contribution in [0.15, 0.2) is 30.3 Å². The molecule has 1 fully saturated rings. The third-order valence-corrected chi connectivity index (χ3v) is 7.04. The second-order valence-electron chi connectivity index (χ2n) is 6.83. The molecule has 4 rings (SSSR count). The number of rotatable bonds is 5. The van der Waals surface area contributed by atoms with E-state index < -0.39 is 0 Å². The Morgan fingerprint density at radius 2 is 1.96 bits per heavy atom. The number of thiophene rings is 1. The molecule has 27 heavy (non-hydrogen) atoms. The van der Waals surface area contributed by atoms with E-state index in [1.807, 2.05) is 6.07 Å². The number of halogens is 2. The van der Waals surface area contributed by atoms with Gasteiger partial charge in [-0.15, -0.1) is 11.3 Å². The first-order valence-corrected chi connectivity index (χ1v) is 10.6. The monoisotopic (exact) mass is 421 g/mol. The molecule has 1 N–H and O–H groups in total. The van der Waals surface area contributed by atoms with E-state index in [4.69, 9.17) is 23.2 Å². The maximum atomic E-state index is 12.9. The summed E-state index contributed by atoms with van der Waals surface area (Å²) >= 11 is 13.8. The lowest BCUT2D eigenvalue weighted by molar-refractivity contribution is 0.104. The first-order chi connectivity index (χ1) is 13.0. The van der Waals surface area contributed by atoms with Crippen molar-refractivity contribution in [1.29, 1.82) is 0 Å². The van der Waals surface area contributed by atoms with E-state index in [2.05, 4.69) is 27.8 Å². The van der Waals surface area contributed by atoms with E-state index >= 15 is 0 Å². The number of carbonyl (C=O) groups excluding carboxylic acids is 1. The van der Waals surface area contributed by atoms with Gasteiger partial charge in [0.2, 0.25) is 5.78 Å². The van der Waals surface area contributed by atoms with E-state index in [1.165, 1.54) is 17.0 Å². The summed E-state index contributed by atoms with van der Waals surface area (Å²) < 4.78 is 2.32.